The SMILES string of the molecule is CC.C\C=C/C=c1/ccs/c1=C/C. The van der Waals surface area contributed by atoms with Crippen molar-refractivity contribution in [1.29, 1.82) is 0 Å². The smallest absolute Gasteiger partial charge is 0.0300 e. The normalized spacial score (nSPS) is 13.2. The third-order valence-corrected chi connectivity index (χ3v) is 2.46. The van der Waals surface area contributed by atoms with E-state index in [0.717, 1.165) is 0 Å². The second-order valence-corrected chi connectivity index (χ2v) is 3.17. The summed E-state index contributed by atoms with van der Waals surface area (Å²) in [6.45, 7) is 8.09. The lowest BCUT2D eigenvalue weighted by Gasteiger charge is -1.74. The monoisotopic (exact) mass is 194 g/mol. The quantitative estimate of drug-likeness (QED) is 0.645. The summed E-state index contributed by atoms with van der Waals surface area (Å²) in [6.07, 6.45) is 8.37. The predicted molar refractivity (Wildman–Crippen MR) is 64.3 cm³/mol. The van der Waals surface area contributed by atoms with Gasteiger partial charge in [-0.15, -0.1) is 11.3 Å². The zero-order chi connectivity index (χ0) is 10.1. The summed E-state index contributed by atoms with van der Waals surface area (Å²) < 4.78 is 1.35. The second kappa shape index (κ2) is 7.81. The summed E-state index contributed by atoms with van der Waals surface area (Å²) in [5, 5.41) is 3.43. The van der Waals surface area contributed by atoms with Gasteiger partial charge in [0.1, 0.15) is 0 Å². The molecule has 0 atom stereocenters. The average Bonchev–Trinajstić information content (AvgIpc) is 2.65. The molecule has 1 heteroatoms. The standard InChI is InChI=1S/C10H12S.C2H6/c1-3-5-6-9-7-8-11-10(9)4-2;1-2/h3-8H,1-2H3;1-2H3/b5-3-,9-6-,10-4+;. The van der Waals surface area contributed by atoms with E-state index in [1.54, 1.807) is 11.3 Å². The second-order valence-electron chi connectivity index (χ2n) is 2.22. The molecule has 0 aliphatic rings. The van der Waals surface area contributed by atoms with Crippen LogP contribution in [0.5, 0.6) is 0 Å². The van der Waals surface area contributed by atoms with Gasteiger partial charge >= 0.3 is 0 Å². The lowest BCUT2D eigenvalue weighted by molar-refractivity contribution is 1.50. The fourth-order valence-electron chi connectivity index (χ4n) is 0.903. The molecule has 0 unspecified atom stereocenters. The van der Waals surface area contributed by atoms with Crippen LogP contribution in [0, 0.1) is 0 Å². The van der Waals surface area contributed by atoms with Crippen molar-refractivity contribution in [1.82, 2.24) is 0 Å². The Bertz CT molecular complexity index is 341. The Kier molecular flexibility index (Phi) is 7.32. The van der Waals surface area contributed by atoms with Gasteiger partial charge in [0.2, 0.25) is 0 Å². The molecule has 0 spiro atoms. The van der Waals surface area contributed by atoms with Gasteiger partial charge in [-0.05, 0) is 30.5 Å². The molecule has 0 saturated carbocycles. The van der Waals surface area contributed by atoms with Crippen molar-refractivity contribution in [3.05, 3.63) is 33.3 Å². The van der Waals surface area contributed by atoms with Crippen molar-refractivity contribution in [2.75, 3.05) is 0 Å². The minimum absolute atomic E-state index is 1.32. The summed E-state index contributed by atoms with van der Waals surface area (Å²) in [5.74, 6) is 0. The zero-order valence-corrected chi connectivity index (χ0v) is 9.69. The highest BCUT2D eigenvalue weighted by Crippen LogP contribution is 1.81. The van der Waals surface area contributed by atoms with Gasteiger partial charge in [0.05, 0.1) is 0 Å². The Morgan fingerprint density at radius 2 is 1.92 bits per heavy atom. The molecule has 0 aliphatic carbocycles. The van der Waals surface area contributed by atoms with Crippen molar-refractivity contribution in [2.24, 2.45) is 0 Å². The van der Waals surface area contributed by atoms with E-state index in [9.17, 15) is 0 Å². The topological polar surface area (TPSA) is 0 Å². The summed E-state index contributed by atoms with van der Waals surface area (Å²) in [7, 11) is 0. The van der Waals surface area contributed by atoms with E-state index in [0.29, 0.717) is 0 Å². The van der Waals surface area contributed by atoms with Crippen molar-refractivity contribution in [2.45, 2.75) is 27.7 Å². The van der Waals surface area contributed by atoms with E-state index in [2.05, 4.69) is 36.6 Å². The van der Waals surface area contributed by atoms with E-state index in [4.69, 9.17) is 0 Å². The largest absolute Gasteiger partial charge is 0.144 e. The molecule has 1 heterocycles. The van der Waals surface area contributed by atoms with Crippen molar-refractivity contribution >= 4 is 23.5 Å². The maximum absolute atomic E-state index is 2.14. The zero-order valence-electron chi connectivity index (χ0n) is 8.87. The molecule has 0 saturated heterocycles. The van der Waals surface area contributed by atoms with Crippen LogP contribution in [0.1, 0.15) is 27.7 Å². The average molecular weight is 194 g/mol. The Hall–Kier alpha value is -0.820. The molecule has 1 aromatic rings. The van der Waals surface area contributed by atoms with Gasteiger partial charge in [-0.25, -0.2) is 0 Å². The van der Waals surface area contributed by atoms with Crippen LogP contribution in [-0.4, -0.2) is 0 Å². The van der Waals surface area contributed by atoms with Crippen LogP contribution in [0.4, 0.5) is 0 Å². The van der Waals surface area contributed by atoms with Gasteiger partial charge in [-0.2, -0.15) is 0 Å². The molecule has 0 nitrogen and oxygen atoms in total. The van der Waals surface area contributed by atoms with Crippen LogP contribution in [0.25, 0.3) is 12.2 Å². The molecule has 0 fully saturated rings. The van der Waals surface area contributed by atoms with Gasteiger partial charge in [-0.1, -0.05) is 38.2 Å². The fraction of sp³-hybridized carbons (Fsp3) is 0.333. The number of hydrogen-bond acceptors (Lipinski definition) is 1. The van der Waals surface area contributed by atoms with E-state index in [-0.39, 0.29) is 0 Å². The lowest BCUT2D eigenvalue weighted by atomic mass is 10.3. The number of hydrogen-bond donors (Lipinski definition) is 0. The first-order valence-electron chi connectivity index (χ1n) is 4.71. The van der Waals surface area contributed by atoms with Crippen LogP contribution in [0.15, 0.2) is 23.6 Å². The maximum atomic E-state index is 2.14. The summed E-state index contributed by atoms with van der Waals surface area (Å²) in [5.41, 5.74) is 0. The predicted octanol–water partition coefficient (Wildman–Crippen LogP) is 2.93. The van der Waals surface area contributed by atoms with E-state index in [1.165, 1.54) is 9.75 Å². The molecule has 0 aromatic carbocycles. The maximum Gasteiger partial charge on any atom is 0.0300 e. The fourth-order valence-corrected chi connectivity index (χ4v) is 1.67. The molecule has 0 bridgehead atoms. The molecule has 1 rings (SSSR count). The van der Waals surface area contributed by atoms with Gasteiger partial charge in [0.25, 0.3) is 0 Å². The molecule has 1 aromatic heterocycles. The van der Waals surface area contributed by atoms with Gasteiger partial charge in [-0.3, -0.25) is 0 Å². The Balaban J connectivity index is 0.000000671. The molecule has 0 radical (unpaired) electrons. The molecule has 0 amide bonds. The van der Waals surface area contributed by atoms with E-state index < -0.39 is 0 Å². The van der Waals surface area contributed by atoms with Crippen LogP contribution in [-0.2, 0) is 0 Å². The molecule has 0 aliphatic heterocycles. The Labute approximate surface area is 84.9 Å². The van der Waals surface area contributed by atoms with Crippen LogP contribution in [0.2, 0.25) is 0 Å². The van der Waals surface area contributed by atoms with Crippen LogP contribution < -0.4 is 9.75 Å². The summed E-state index contributed by atoms with van der Waals surface area (Å²) >= 11 is 1.78. The minimum Gasteiger partial charge on any atom is -0.144 e. The number of allylic oxidation sites excluding steroid dienone is 2. The van der Waals surface area contributed by atoms with Crippen molar-refractivity contribution in [3.63, 3.8) is 0 Å². The van der Waals surface area contributed by atoms with Crippen molar-refractivity contribution in [3.8, 4) is 0 Å². The third-order valence-electron chi connectivity index (χ3n) is 1.46. The first-order chi connectivity index (χ1) is 6.38. The minimum atomic E-state index is 1.32. The van der Waals surface area contributed by atoms with Crippen molar-refractivity contribution < 1.29 is 0 Å². The molecule has 13 heavy (non-hydrogen) atoms. The van der Waals surface area contributed by atoms with Gasteiger partial charge < -0.3 is 0 Å². The summed E-state index contributed by atoms with van der Waals surface area (Å²) in [4.78, 5) is 0. The van der Waals surface area contributed by atoms with E-state index in [1.807, 2.05) is 26.8 Å². The number of rotatable bonds is 1. The highest BCUT2D eigenvalue weighted by atomic mass is 32.1. The Morgan fingerprint density at radius 3 is 2.46 bits per heavy atom. The first kappa shape index (κ1) is 12.2. The molecular formula is C12H18S. The third kappa shape index (κ3) is 4.09. The van der Waals surface area contributed by atoms with Crippen LogP contribution in [0.3, 0.4) is 0 Å². The molecule has 0 N–H and O–H groups in total. The number of thiophene rings is 1. The summed E-state index contributed by atoms with van der Waals surface area (Å²) in [6, 6.07) is 2.14. The Morgan fingerprint density at radius 1 is 1.23 bits per heavy atom. The van der Waals surface area contributed by atoms with Gasteiger partial charge in [0.15, 0.2) is 0 Å². The van der Waals surface area contributed by atoms with Crippen LogP contribution >= 0.6 is 11.3 Å². The highest BCUT2D eigenvalue weighted by Gasteiger charge is 1.81. The highest BCUT2D eigenvalue weighted by molar-refractivity contribution is 7.07. The van der Waals surface area contributed by atoms with Gasteiger partial charge in [0, 0.05) is 4.53 Å². The van der Waals surface area contributed by atoms with E-state index >= 15 is 0 Å². The first-order valence-corrected chi connectivity index (χ1v) is 5.59. The lowest BCUT2D eigenvalue weighted by Crippen LogP contribution is -2.15. The molecule has 72 valence electrons. The molecular weight excluding hydrogens is 176 g/mol.